The van der Waals surface area contributed by atoms with E-state index in [2.05, 4.69) is 9.97 Å². The first-order valence-electron chi connectivity index (χ1n) is 4.46. The first-order chi connectivity index (χ1) is 6.75. The van der Waals surface area contributed by atoms with Gasteiger partial charge in [0.15, 0.2) is 0 Å². The number of amides is 1. The topological polar surface area (TPSA) is 72.1 Å². The summed E-state index contributed by atoms with van der Waals surface area (Å²) in [5.41, 5.74) is 5.86. The van der Waals surface area contributed by atoms with Crippen molar-refractivity contribution in [3.8, 4) is 0 Å². The quantitative estimate of drug-likeness (QED) is 0.726. The smallest absolute Gasteiger partial charge is 0.256 e. The van der Waals surface area contributed by atoms with Gasteiger partial charge in [-0.1, -0.05) is 0 Å². The van der Waals surface area contributed by atoms with Crippen molar-refractivity contribution in [2.24, 2.45) is 5.73 Å². The van der Waals surface area contributed by atoms with E-state index in [1.165, 1.54) is 18.7 Å². The monoisotopic (exact) mass is 194 g/mol. The lowest BCUT2D eigenvalue weighted by atomic mass is 10.3. The Morgan fingerprint density at radius 3 is 2.71 bits per heavy atom. The summed E-state index contributed by atoms with van der Waals surface area (Å²) < 4.78 is 0. The van der Waals surface area contributed by atoms with Crippen LogP contribution in [0.5, 0.6) is 0 Å². The summed E-state index contributed by atoms with van der Waals surface area (Å²) in [6.07, 6.45) is 5.22. The molecule has 0 atom stereocenters. The summed E-state index contributed by atoms with van der Waals surface area (Å²) in [6.45, 7) is 1.24. The normalized spacial score (nSPS) is 9.86. The lowest BCUT2D eigenvalue weighted by molar-refractivity contribution is 0.0793. The summed E-state index contributed by atoms with van der Waals surface area (Å²) in [5, 5.41) is 0. The first kappa shape index (κ1) is 10.6. The molecule has 0 saturated carbocycles. The highest BCUT2D eigenvalue weighted by Crippen LogP contribution is 1.99. The minimum absolute atomic E-state index is 0.0703. The average molecular weight is 194 g/mol. The van der Waals surface area contributed by atoms with Crippen LogP contribution in [0, 0.1) is 0 Å². The Morgan fingerprint density at radius 1 is 1.50 bits per heavy atom. The van der Waals surface area contributed by atoms with Gasteiger partial charge in [-0.2, -0.15) is 0 Å². The van der Waals surface area contributed by atoms with Gasteiger partial charge in [-0.15, -0.1) is 0 Å². The van der Waals surface area contributed by atoms with Crippen LogP contribution in [0.1, 0.15) is 16.8 Å². The molecule has 14 heavy (non-hydrogen) atoms. The molecule has 0 radical (unpaired) electrons. The molecular weight excluding hydrogens is 180 g/mol. The van der Waals surface area contributed by atoms with Gasteiger partial charge < -0.3 is 10.6 Å². The van der Waals surface area contributed by atoms with E-state index in [4.69, 9.17) is 5.73 Å². The first-order valence-corrected chi connectivity index (χ1v) is 4.46. The Morgan fingerprint density at radius 2 is 2.14 bits per heavy atom. The van der Waals surface area contributed by atoms with Crippen molar-refractivity contribution in [2.75, 3.05) is 20.1 Å². The molecule has 0 aliphatic carbocycles. The zero-order valence-corrected chi connectivity index (χ0v) is 8.18. The molecule has 0 bridgehead atoms. The van der Waals surface area contributed by atoms with Crippen LogP contribution in [0.15, 0.2) is 18.7 Å². The highest BCUT2D eigenvalue weighted by molar-refractivity contribution is 5.93. The highest BCUT2D eigenvalue weighted by Gasteiger charge is 2.10. The Balaban J connectivity index is 2.57. The summed E-state index contributed by atoms with van der Waals surface area (Å²) >= 11 is 0. The van der Waals surface area contributed by atoms with Crippen molar-refractivity contribution in [1.82, 2.24) is 14.9 Å². The maximum Gasteiger partial charge on any atom is 0.256 e. The van der Waals surface area contributed by atoms with Gasteiger partial charge in [-0.05, 0) is 13.0 Å². The van der Waals surface area contributed by atoms with Gasteiger partial charge >= 0.3 is 0 Å². The minimum Gasteiger partial charge on any atom is -0.342 e. The molecule has 1 rings (SSSR count). The number of hydrogen-bond donors (Lipinski definition) is 1. The predicted octanol–water partition coefficient (Wildman–Crippen LogP) is -0.103. The highest BCUT2D eigenvalue weighted by atomic mass is 16.2. The van der Waals surface area contributed by atoms with Crippen LogP contribution in [-0.2, 0) is 0 Å². The Labute approximate surface area is 83.0 Å². The maximum atomic E-state index is 11.7. The number of carbonyl (C=O) groups excluding carboxylic acids is 1. The van der Waals surface area contributed by atoms with Gasteiger partial charge in [0.25, 0.3) is 5.91 Å². The number of nitrogens with zero attached hydrogens (tertiary/aromatic N) is 3. The van der Waals surface area contributed by atoms with Gasteiger partial charge in [0.1, 0.15) is 6.33 Å². The van der Waals surface area contributed by atoms with Crippen LogP contribution in [0.3, 0.4) is 0 Å². The van der Waals surface area contributed by atoms with E-state index >= 15 is 0 Å². The molecule has 1 aromatic rings. The SMILES string of the molecule is CN(CCCN)C(=O)c1cncnc1. The molecule has 1 aromatic heterocycles. The average Bonchev–Trinajstić information content (AvgIpc) is 2.26. The Kier molecular flexibility index (Phi) is 4.00. The van der Waals surface area contributed by atoms with Gasteiger partial charge in [-0.25, -0.2) is 9.97 Å². The Hall–Kier alpha value is -1.49. The molecule has 5 heteroatoms. The second-order valence-electron chi connectivity index (χ2n) is 3.00. The number of hydrogen-bond acceptors (Lipinski definition) is 4. The molecule has 0 aliphatic heterocycles. The third-order valence-corrected chi connectivity index (χ3v) is 1.85. The number of aromatic nitrogens is 2. The predicted molar refractivity (Wildman–Crippen MR) is 52.7 cm³/mol. The van der Waals surface area contributed by atoms with E-state index in [1.807, 2.05) is 0 Å². The number of nitrogens with two attached hydrogens (primary N) is 1. The summed E-state index contributed by atoms with van der Waals surface area (Å²) in [4.78, 5) is 20.8. The number of carbonyl (C=O) groups is 1. The fourth-order valence-corrected chi connectivity index (χ4v) is 1.06. The van der Waals surface area contributed by atoms with E-state index in [0.29, 0.717) is 18.7 Å². The molecule has 0 aromatic carbocycles. The molecule has 0 unspecified atom stereocenters. The van der Waals surface area contributed by atoms with Crippen LogP contribution in [0.25, 0.3) is 0 Å². The lowest BCUT2D eigenvalue weighted by Gasteiger charge is -2.15. The van der Waals surface area contributed by atoms with Crippen molar-refractivity contribution >= 4 is 5.91 Å². The van der Waals surface area contributed by atoms with Crippen molar-refractivity contribution in [2.45, 2.75) is 6.42 Å². The molecule has 76 valence electrons. The van der Waals surface area contributed by atoms with Crippen LogP contribution in [0.4, 0.5) is 0 Å². The van der Waals surface area contributed by atoms with Gasteiger partial charge in [0.2, 0.25) is 0 Å². The molecule has 0 fully saturated rings. The summed E-state index contributed by atoms with van der Waals surface area (Å²) in [5.74, 6) is -0.0703. The van der Waals surface area contributed by atoms with Gasteiger partial charge in [-0.3, -0.25) is 4.79 Å². The fraction of sp³-hybridized carbons (Fsp3) is 0.444. The number of rotatable bonds is 4. The van der Waals surface area contributed by atoms with Gasteiger partial charge in [0.05, 0.1) is 5.56 Å². The molecule has 5 nitrogen and oxygen atoms in total. The third-order valence-electron chi connectivity index (χ3n) is 1.85. The maximum absolute atomic E-state index is 11.7. The molecule has 2 N–H and O–H groups in total. The molecule has 1 heterocycles. The van der Waals surface area contributed by atoms with E-state index < -0.39 is 0 Å². The molecule has 0 spiro atoms. The van der Waals surface area contributed by atoms with Crippen molar-refractivity contribution in [3.05, 3.63) is 24.3 Å². The van der Waals surface area contributed by atoms with Crippen LogP contribution in [-0.4, -0.2) is 40.9 Å². The standard InChI is InChI=1S/C9H14N4O/c1-13(4-2-3-10)9(14)8-5-11-7-12-6-8/h5-7H,2-4,10H2,1H3. The van der Waals surface area contributed by atoms with Crippen molar-refractivity contribution in [3.63, 3.8) is 0 Å². The van der Waals surface area contributed by atoms with Crippen LogP contribution >= 0.6 is 0 Å². The molecule has 0 aliphatic rings. The third kappa shape index (κ3) is 2.77. The van der Waals surface area contributed by atoms with Crippen molar-refractivity contribution < 1.29 is 4.79 Å². The largest absolute Gasteiger partial charge is 0.342 e. The molecule has 1 amide bonds. The zero-order valence-electron chi connectivity index (χ0n) is 8.18. The molecular formula is C9H14N4O. The van der Waals surface area contributed by atoms with Crippen LogP contribution < -0.4 is 5.73 Å². The van der Waals surface area contributed by atoms with E-state index in [-0.39, 0.29) is 5.91 Å². The lowest BCUT2D eigenvalue weighted by Crippen LogP contribution is -2.29. The van der Waals surface area contributed by atoms with E-state index in [0.717, 1.165) is 6.42 Å². The van der Waals surface area contributed by atoms with Gasteiger partial charge in [0, 0.05) is 26.0 Å². The van der Waals surface area contributed by atoms with Crippen LogP contribution in [0.2, 0.25) is 0 Å². The fourth-order valence-electron chi connectivity index (χ4n) is 1.06. The second kappa shape index (κ2) is 5.29. The van der Waals surface area contributed by atoms with E-state index in [9.17, 15) is 4.79 Å². The zero-order chi connectivity index (χ0) is 10.4. The molecule has 0 saturated heterocycles. The summed E-state index contributed by atoms with van der Waals surface area (Å²) in [7, 11) is 1.74. The Bertz CT molecular complexity index is 288. The van der Waals surface area contributed by atoms with Crippen molar-refractivity contribution in [1.29, 1.82) is 0 Å². The summed E-state index contributed by atoms with van der Waals surface area (Å²) in [6, 6.07) is 0. The second-order valence-corrected chi connectivity index (χ2v) is 3.00. The van der Waals surface area contributed by atoms with E-state index in [1.54, 1.807) is 11.9 Å². The minimum atomic E-state index is -0.0703.